The average molecular weight is 289 g/mol. The van der Waals surface area contributed by atoms with Gasteiger partial charge >= 0.3 is 5.97 Å². The Bertz CT molecular complexity index is 534. The number of thiophene rings is 1. The molecule has 1 atom stereocenters. The number of aryl methyl sites for hydroxylation is 1. The summed E-state index contributed by atoms with van der Waals surface area (Å²) in [4.78, 5) is 13.3. The zero-order valence-electron chi connectivity index (χ0n) is 11.8. The van der Waals surface area contributed by atoms with Gasteiger partial charge in [0, 0.05) is 11.4 Å². The molecule has 0 spiro atoms. The van der Waals surface area contributed by atoms with Crippen molar-refractivity contribution in [2.45, 2.75) is 26.4 Å². The van der Waals surface area contributed by atoms with Crippen LogP contribution in [0.4, 0.5) is 0 Å². The van der Waals surface area contributed by atoms with Crippen LogP contribution in [0.25, 0.3) is 0 Å². The molecule has 0 radical (unpaired) electrons. The average Bonchev–Trinajstić information content (AvgIpc) is 2.94. The molecule has 1 heterocycles. The third-order valence-corrected chi connectivity index (χ3v) is 3.87. The number of ether oxygens (including phenoxy) is 1. The number of hydrogen-bond acceptors (Lipinski definition) is 4. The van der Waals surface area contributed by atoms with E-state index in [4.69, 9.17) is 4.74 Å². The standard InChI is InChI=1S/C16H19NO2S/c1-3-19-16(18)15(13-8-6-12(2)7-9-13)17-11-14-5-4-10-20-14/h4-10,15,17H,3,11H2,1-2H3. The van der Waals surface area contributed by atoms with Crippen molar-refractivity contribution in [2.75, 3.05) is 6.61 Å². The lowest BCUT2D eigenvalue weighted by molar-refractivity contribution is -0.145. The van der Waals surface area contributed by atoms with Gasteiger partial charge in [-0.2, -0.15) is 0 Å². The number of nitrogens with one attached hydrogen (secondary N) is 1. The van der Waals surface area contributed by atoms with Crippen LogP contribution in [0.2, 0.25) is 0 Å². The van der Waals surface area contributed by atoms with Gasteiger partial charge in [-0.25, -0.2) is 4.79 Å². The largest absolute Gasteiger partial charge is 0.465 e. The van der Waals surface area contributed by atoms with Gasteiger partial charge in [-0.3, -0.25) is 5.32 Å². The summed E-state index contributed by atoms with van der Waals surface area (Å²) in [5.41, 5.74) is 2.11. The van der Waals surface area contributed by atoms with E-state index in [1.807, 2.05) is 49.6 Å². The van der Waals surface area contributed by atoms with Crippen molar-refractivity contribution in [3.05, 3.63) is 57.8 Å². The molecule has 1 aromatic heterocycles. The van der Waals surface area contributed by atoms with E-state index in [2.05, 4.69) is 11.4 Å². The second-order valence-electron chi connectivity index (χ2n) is 4.56. The molecular weight excluding hydrogens is 270 g/mol. The number of carbonyl (C=O) groups excluding carboxylic acids is 1. The highest BCUT2D eigenvalue weighted by Crippen LogP contribution is 2.17. The van der Waals surface area contributed by atoms with Gasteiger partial charge < -0.3 is 4.74 Å². The molecule has 0 amide bonds. The molecule has 0 bridgehead atoms. The topological polar surface area (TPSA) is 38.3 Å². The molecule has 0 aliphatic rings. The number of benzene rings is 1. The first-order chi connectivity index (χ1) is 9.70. The predicted octanol–water partition coefficient (Wildman–Crippen LogP) is 3.45. The molecule has 4 heteroatoms. The Hall–Kier alpha value is -1.65. The molecule has 0 aliphatic heterocycles. The van der Waals surface area contributed by atoms with E-state index < -0.39 is 6.04 Å². The number of rotatable bonds is 6. The lowest BCUT2D eigenvalue weighted by Gasteiger charge is -2.17. The van der Waals surface area contributed by atoms with Crippen LogP contribution >= 0.6 is 11.3 Å². The molecule has 0 fully saturated rings. The van der Waals surface area contributed by atoms with Gasteiger partial charge in [-0.1, -0.05) is 35.9 Å². The van der Waals surface area contributed by atoms with Gasteiger partial charge in [0.1, 0.15) is 6.04 Å². The molecule has 0 aliphatic carbocycles. The zero-order valence-corrected chi connectivity index (χ0v) is 12.6. The maximum atomic E-state index is 12.1. The molecule has 1 unspecified atom stereocenters. The summed E-state index contributed by atoms with van der Waals surface area (Å²) in [5.74, 6) is -0.229. The van der Waals surface area contributed by atoms with Gasteiger partial charge in [-0.15, -0.1) is 11.3 Å². The third kappa shape index (κ3) is 3.92. The molecule has 2 rings (SSSR count). The highest BCUT2D eigenvalue weighted by Gasteiger charge is 2.21. The fourth-order valence-electron chi connectivity index (χ4n) is 1.94. The van der Waals surface area contributed by atoms with E-state index in [0.717, 1.165) is 5.56 Å². The molecule has 2 aromatic rings. The van der Waals surface area contributed by atoms with E-state index in [9.17, 15) is 4.79 Å². The normalized spacial score (nSPS) is 12.1. The Morgan fingerprint density at radius 2 is 2.05 bits per heavy atom. The highest BCUT2D eigenvalue weighted by atomic mass is 32.1. The van der Waals surface area contributed by atoms with Crippen LogP contribution in [0, 0.1) is 6.92 Å². The van der Waals surface area contributed by atoms with Gasteiger partial charge in [-0.05, 0) is 30.9 Å². The van der Waals surface area contributed by atoms with Crippen LogP contribution < -0.4 is 5.32 Å². The number of esters is 1. The van der Waals surface area contributed by atoms with E-state index in [0.29, 0.717) is 13.2 Å². The molecular formula is C16H19NO2S. The van der Waals surface area contributed by atoms with E-state index in [1.54, 1.807) is 11.3 Å². The quantitative estimate of drug-likeness (QED) is 0.828. The summed E-state index contributed by atoms with van der Waals surface area (Å²) < 4.78 is 5.16. The van der Waals surface area contributed by atoms with Crippen molar-refractivity contribution in [3.8, 4) is 0 Å². The monoisotopic (exact) mass is 289 g/mol. The highest BCUT2D eigenvalue weighted by molar-refractivity contribution is 7.09. The SMILES string of the molecule is CCOC(=O)C(NCc1cccs1)c1ccc(C)cc1. The third-order valence-electron chi connectivity index (χ3n) is 2.99. The van der Waals surface area contributed by atoms with Crippen LogP contribution in [-0.4, -0.2) is 12.6 Å². The zero-order chi connectivity index (χ0) is 14.4. The van der Waals surface area contributed by atoms with Gasteiger partial charge in [0.25, 0.3) is 0 Å². The minimum Gasteiger partial charge on any atom is -0.465 e. The molecule has 1 aromatic carbocycles. The summed E-state index contributed by atoms with van der Waals surface area (Å²) in [5, 5.41) is 5.31. The minimum atomic E-state index is -0.419. The molecule has 3 nitrogen and oxygen atoms in total. The predicted molar refractivity (Wildman–Crippen MR) is 81.7 cm³/mol. The summed E-state index contributed by atoms with van der Waals surface area (Å²) >= 11 is 1.67. The fourth-order valence-corrected chi connectivity index (χ4v) is 2.59. The van der Waals surface area contributed by atoms with Crippen LogP contribution in [0.1, 0.15) is 29.0 Å². The molecule has 1 N–H and O–H groups in total. The van der Waals surface area contributed by atoms with Crippen molar-refractivity contribution >= 4 is 17.3 Å². The second kappa shape index (κ2) is 7.22. The van der Waals surface area contributed by atoms with Gasteiger partial charge in [0.05, 0.1) is 6.61 Å². The summed E-state index contributed by atoms with van der Waals surface area (Å²) in [6, 6.07) is 11.6. The van der Waals surface area contributed by atoms with Crippen LogP contribution in [0.15, 0.2) is 41.8 Å². The van der Waals surface area contributed by atoms with E-state index in [-0.39, 0.29) is 5.97 Å². The van der Waals surface area contributed by atoms with Crippen molar-refractivity contribution in [2.24, 2.45) is 0 Å². The Labute approximate surface area is 123 Å². The number of carbonyl (C=O) groups is 1. The Morgan fingerprint density at radius 3 is 2.65 bits per heavy atom. The van der Waals surface area contributed by atoms with E-state index in [1.165, 1.54) is 10.4 Å². The van der Waals surface area contributed by atoms with Crippen LogP contribution in [-0.2, 0) is 16.1 Å². The molecule has 0 saturated heterocycles. The second-order valence-corrected chi connectivity index (χ2v) is 5.59. The van der Waals surface area contributed by atoms with Crippen LogP contribution in [0.5, 0.6) is 0 Å². The van der Waals surface area contributed by atoms with Gasteiger partial charge in [0.2, 0.25) is 0 Å². The summed E-state index contributed by atoms with van der Waals surface area (Å²) in [6.07, 6.45) is 0. The maximum Gasteiger partial charge on any atom is 0.327 e. The lowest BCUT2D eigenvalue weighted by atomic mass is 10.1. The Kier molecular flexibility index (Phi) is 5.32. The van der Waals surface area contributed by atoms with Crippen molar-refractivity contribution in [1.82, 2.24) is 5.32 Å². The minimum absolute atomic E-state index is 0.229. The molecule has 20 heavy (non-hydrogen) atoms. The maximum absolute atomic E-state index is 12.1. The smallest absolute Gasteiger partial charge is 0.327 e. The summed E-state index contributed by atoms with van der Waals surface area (Å²) in [7, 11) is 0. The first-order valence-electron chi connectivity index (χ1n) is 6.69. The molecule has 106 valence electrons. The number of hydrogen-bond donors (Lipinski definition) is 1. The van der Waals surface area contributed by atoms with Crippen molar-refractivity contribution in [3.63, 3.8) is 0 Å². The Morgan fingerprint density at radius 1 is 1.30 bits per heavy atom. The lowest BCUT2D eigenvalue weighted by Crippen LogP contribution is -2.29. The van der Waals surface area contributed by atoms with Crippen molar-refractivity contribution < 1.29 is 9.53 Å². The first kappa shape index (κ1) is 14.8. The Balaban J connectivity index is 2.11. The van der Waals surface area contributed by atoms with Crippen LogP contribution in [0.3, 0.4) is 0 Å². The van der Waals surface area contributed by atoms with Crippen molar-refractivity contribution in [1.29, 1.82) is 0 Å². The van der Waals surface area contributed by atoms with E-state index >= 15 is 0 Å². The molecule has 0 saturated carbocycles. The van der Waals surface area contributed by atoms with Gasteiger partial charge in [0.15, 0.2) is 0 Å². The fraction of sp³-hybridized carbons (Fsp3) is 0.312. The summed E-state index contributed by atoms with van der Waals surface area (Å²) in [6.45, 7) is 4.91. The first-order valence-corrected chi connectivity index (χ1v) is 7.57.